The number of hydrogen-bond acceptors (Lipinski definition) is 3. The van der Waals surface area contributed by atoms with E-state index >= 15 is 0 Å². The minimum atomic E-state index is -3.43. The predicted octanol–water partition coefficient (Wildman–Crippen LogP) is 2.81. The Balaban J connectivity index is 2.46. The number of nitrogen functional groups attached to an aromatic ring is 1. The van der Waals surface area contributed by atoms with Gasteiger partial charge in [0.05, 0.1) is 4.90 Å². The number of anilines is 1. The Morgan fingerprint density at radius 1 is 1.19 bits per heavy atom. The highest BCUT2D eigenvalue weighted by Crippen LogP contribution is 2.30. The molecule has 0 amide bonds. The summed E-state index contributed by atoms with van der Waals surface area (Å²) in [5, 5.41) is 0. The summed E-state index contributed by atoms with van der Waals surface area (Å²) in [7, 11) is -3.43. The second-order valence-corrected chi connectivity index (χ2v) is 7.86. The first kappa shape index (κ1) is 16.3. The Morgan fingerprint density at radius 3 is 2.33 bits per heavy atom. The quantitative estimate of drug-likeness (QED) is 0.870. The molecule has 2 rings (SSSR count). The third-order valence-corrected chi connectivity index (χ3v) is 6.39. The van der Waals surface area contributed by atoms with Crippen molar-refractivity contribution in [1.82, 2.24) is 4.31 Å². The van der Waals surface area contributed by atoms with Gasteiger partial charge in [0.2, 0.25) is 10.0 Å². The molecule has 118 valence electrons. The number of aryl methyl sites for hydroxylation is 1. The molecule has 0 spiro atoms. The van der Waals surface area contributed by atoms with Gasteiger partial charge < -0.3 is 5.73 Å². The second-order valence-electron chi connectivity index (χ2n) is 5.96. The average Bonchev–Trinajstić information content (AvgIpc) is 2.46. The average molecular weight is 310 g/mol. The van der Waals surface area contributed by atoms with Crippen LogP contribution in [-0.2, 0) is 22.9 Å². The Bertz CT molecular complexity index is 603. The molecule has 0 saturated carbocycles. The van der Waals surface area contributed by atoms with E-state index in [9.17, 15) is 8.42 Å². The normalized spacial score (nSPS) is 18.0. The smallest absolute Gasteiger partial charge is 0.243 e. The van der Waals surface area contributed by atoms with Gasteiger partial charge in [-0.1, -0.05) is 20.8 Å². The lowest BCUT2D eigenvalue weighted by Crippen LogP contribution is -2.38. The van der Waals surface area contributed by atoms with Crippen molar-refractivity contribution >= 4 is 15.7 Å². The third kappa shape index (κ3) is 3.24. The van der Waals surface area contributed by atoms with Crippen LogP contribution in [0, 0.1) is 5.92 Å². The van der Waals surface area contributed by atoms with Gasteiger partial charge in [0.1, 0.15) is 0 Å². The number of piperidine rings is 1. The van der Waals surface area contributed by atoms with Crippen LogP contribution in [0.1, 0.15) is 44.7 Å². The van der Waals surface area contributed by atoms with E-state index in [1.807, 2.05) is 26.0 Å². The molecular formula is C16H26N2O2S. The molecular weight excluding hydrogens is 284 g/mol. The van der Waals surface area contributed by atoms with Crippen molar-refractivity contribution in [3.05, 3.63) is 23.3 Å². The molecule has 0 aromatic heterocycles. The Kier molecular flexibility index (Phi) is 4.94. The number of hydrogen-bond donors (Lipinski definition) is 1. The van der Waals surface area contributed by atoms with E-state index in [2.05, 4.69) is 6.92 Å². The molecule has 0 atom stereocenters. The molecule has 1 aromatic carbocycles. The molecule has 1 aromatic rings. The summed E-state index contributed by atoms with van der Waals surface area (Å²) in [5.74, 6) is 0.606. The van der Waals surface area contributed by atoms with Crippen LogP contribution in [0.4, 0.5) is 5.69 Å². The van der Waals surface area contributed by atoms with Gasteiger partial charge >= 0.3 is 0 Å². The number of rotatable bonds is 4. The molecule has 1 saturated heterocycles. The lowest BCUT2D eigenvalue weighted by molar-refractivity contribution is 0.288. The Labute approximate surface area is 128 Å². The predicted molar refractivity (Wildman–Crippen MR) is 86.8 cm³/mol. The minimum Gasteiger partial charge on any atom is -0.398 e. The number of benzene rings is 1. The lowest BCUT2D eigenvalue weighted by Gasteiger charge is -2.30. The van der Waals surface area contributed by atoms with Gasteiger partial charge in [0, 0.05) is 18.8 Å². The molecule has 5 heteroatoms. The zero-order chi connectivity index (χ0) is 15.6. The maximum Gasteiger partial charge on any atom is 0.243 e. The van der Waals surface area contributed by atoms with Gasteiger partial charge in [-0.3, -0.25) is 0 Å². The highest BCUT2D eigenvalue weighted by molar-refractivity contribution is 7.89. The summed E-state index contributed by atoms with van der Waals surface area (Å²) >= 11 is 0. The van der Waals surface area contributed by atoms with E-state index in [1.165, 1.54) is 0 Å². The van der Waals surface area contributed by atoms with Crippen molar-refractivity contribution < 1.29 is 8.42 Å². The van der Waals surface area contributed by atoms with Crippen LogP contribution in [0.3, 0.4) is 0 Å². The molecule has 0 unspecified atom stereocenters. The Morgan fingerprint density at radius 2 is 1.81 bits per heavy atom. The van der Waals surface area contributed by atoms with Crippen LogP contribution in [-0.4, -0.2) is 25.8 Å². The van der Waals surface area contributed by atoms with Crippen molar-refractivity contribution in [2.24, 2.45) is 5.92 Å². The first-order valence-corrected chi connectivity index (χ1v) is 9.25. The summed E-state index contributed by atoms with van der Waals surface area (Å²) in [4.78, 5) is 0.413. The van der Waals surface area contributed by atoms with Crippen molar-refractivity contribution in [2.45, 2.75) is 51.3 Å². The van der Waals surface area contributed by atoms with Gasteiger partial charge in [-0.2, -0.15) is 4.31 Å². The minimum absolute atomic E-state index is 0.413. The molecule has 1 aliphatic rings. The summed E-state index contributed by atoms with van der Waals surface area (Å²) in [6, 6.07) is 3.71. The zero-order valence-corrected chi connectivity index (χ0v) is 14.0. The van der Waals surface area contributed by atoms with Gasteiger partial charge in [-0.25, -0.2) is 8.42 Å². The lowest BCUT2D eigenvalue weighted by atomic mass is 10.0. The standard InChI is InChI=1S/C16H26N2O2S/c1-4-13-10-15(17)14(5-2)16(11-13)21(19,20)18-8-6-12(3)7-9-18/h10-12H,4-9,17H2,1-3H3. The fraction of sp³-hybridized carbons (Fsp3) is 0.625. The topological polar surface area (TPSA) is 63.4 Å². The molecule has 0 radical (unpaired) electrons. The van der Waals surface area contributed by atoms with E-state index in [1.54, 1.807) is 4.31 Å². The van der Waals surface area contributed by atoms with E-state index in [-0.39, 0.29) is 0 Å². The van der Waals surface area contributed by atoms with E-state index in [0.29, 0.717) is 36.0 Å². The number of nitrogens with two attached hydrogens (primary N) is 1. The van der Waals surface area contributed by atoms with E-state index in [0.717, 1.165) is 30.4 Å². The van der Waals surface area contributed by atoms with Crippen LogP contribution in [0.25, 0.3) is 0 Å². The van der Waals surface area contributed by atoms with Gasteiger partial charge in [0.25, 0.3) is 0 Å². The summed E-state index contributed by atoms with van der Waals surface area (Å²) in [5.41, 5.74) is 8.41. The van der Waals surface area contributed by atoms with E-state index < -0.39 is 10.0 Å². The van der Waals surface area contributed by atoms with Gasteiger partial charge in [0.15, 0.2) is 0 Å². The van der Waals surface area contributed by atoms with Crippen molar-refractivity contribution in [3.63, 3.8) is 0 Å². The largest absolute Gasteiger partial charge is 0.398 e. The first-order chi connectivity index (χ1) is 9.90. The fourth-order valence-corrected chi connectivity index (χ4v) is 4.75. The second kappa shape index (κ2) is 6.36. The monoisotopic (exact) mass is 310 g/mol. The van der Waals surface area contributed by atoms with Crippen LogP contribution < -0.4 is 5.73 Å². The summed E-state index contributed by atoms with van der Waals surface area (Å²) in [6.45, 7) is 7.37. The molecule has 1 heterocycles. The summed E-state index contributed by atoms with van der Waals surface area (Å²) < 4.78 is 27.6. The first-order valence-electron chi connectivity index (χ1n) is 7.81. The van der Waals surface area contributed by atoms with Gasteiger partial charge in [-0.15, -0.1) is 0 Å². The fourth-order valence-electron chi connectivity index (χ4n) is 2.90. The van der Waals surface area contributed by atoms with Crippen molar-refractivity contribution in [1.29, 1.82) is 0 Å². The number of nitrogens with zero attached hydrogens (tertiary/aromatic N) is 1. The molecule has 2 N–H and O–H groups in total. The molecule has 4 nitrogen and oxygen atoms in total. The highest BCUT2D eigenvalue weighted by atomic mass is 32.2. The van der Waals surface area contributed by atoms with Gasteiger partial charge in [-0.05, 0) is 54.9 Å². The zero-order valence-electron chi connectivity index (χ0n) is 13.2. The molecule has 1 aliphatic heterocycles. The third-order valence-electron chi connectivity index (χ3n) is 4.43. The maximum atomic E-state index is 13.0. The van der Waals surface area contributed by atoms with Crippen molar-refractivity contribution in [3.8, 4) is 0 Å². The van der Waals surface area contributed by atoms with Crippen molar-refractivity contribution in [2.75, 3.05) is 18.8 Å². The highest BCUT2D eigenvalue weighted by Gasteiger charge is 2.30. The van der Waals surface area contributed by atoms with Crippen LogP contribution in [0.15, 0.2) is 17.0 Å². The SMILES string of the molecule is CCc1cc(N)c(CC)c(S(=O)(=O)N2CCC(C)CC2)c1. The molecule has 21 heavy (non-hydrogen) atoms. The van der Waals surface area contributed by atoms with Crippen LogP contribution in [0.5, 0.6) is 0 Å². The van der Waals surface area contributed by atoms with Crippen LogP contribution in [0.2, 0.25) is 0 Å². The van der Waals surface area contributed by atoms with E-state index in [4.69, 9.17) is 5.73 Å². The summed E-state index contributed by atoms with van der Waals surface area (Å²) in [6.07, 6.45) is 3.29. The molecule has 0 bridgehead atoms. The number of sulfonamides is 1. The Hall–Kier alpha value is -1.07. The molecule has 0 aliphatic carbocycles. The maximum absolute atomic E-state index is 13.0. The van der Waals surface area contributed by atoms with Crippen LogP contribution >= 0.6 is 0 Å². The molecule has 1 fully saturated rings.